The second kappa shape index (κ2) is 8.38. The lowest BCUT2D eigenvalue weighted by molar-refractivity contribution is 0.0339. The number of nitrogens with zero attached hydrogens (tertiary/aromatic N) is 1. The van der Waals surface area contributed by atoms with Crippen molar-refractivity contribution in [2.24, 2.45) is 0 Å². The fourth-order valence-corrected chi connectivity index (χ4v) is 3.91. The van der Waals surface area contributed by atoms with Crippen LogP contribution in [0.15, 0.2) is 39.5 Å². The van der Waals surface area contributed by atoms with Crippen LogP contribution in [0.1, 0.15) is 11.1 Å². The van der Waals surface area contributed by atoms with E-state index in [1.165, 1.54) is 0 Å². The topological polar surface area (TPSA) is 81.4 Å². The molecule has 0 aliphatic carbocycles. The highest BCUT2D eigenvalue weighted by Crippen LogP contribution is 2.37. The van der Waals surface area contributed by atoms with Crippen LogP contribution in [-0.2, 0) is 11.3 Å². The number of aromatic hydroxyl groups is 1. The molecule has 0 amide bonds. The molecule has 0 spiro atoms. The number of phenols is 1. The molecule has 2 aromatic carbocycles. The summed E-state index contributed by atoms with van der Waals surface area (Å²) in [6.45, 7) is 5.19. The van der Waals surface area contributed by atoms with Crippen molar-refractivity contribution >= 4 is 11.0 Å². The summed E-state index contributed by atoms with van der Waals surface area (Å²) >= 11 is 0. The van der Waals surface area contributed by atoms with Gasteiger partial charge in [0.25, 0.3) is 0 Å². The minimum atomic E-state index is -0.475. The Morgan fingerprint density at radius 3 is 2.57 bits per heavy atom. The van der Waals surface area contributed by atoms with Gasteiger partial charge in [0.15, 0.2) is 0 Å². The summed E-state index contributed by atoms with van der Waals surface area (Å²) in [6.07, 6.45) is 0. The molecule has 0 atom stereocenters. The van der Waals surface area contributed by atoms with Gasteiger partial charge in [-0.3, -0.25) is 4.90 Å². The lowest BCUT2D eigenvalue weighted by Gasteiger charge is -2.27. The van der Waals surface area contributed by atoms with Crippen LogP contribution in [0.2, 0.25) is 0 Å². The molecule has 1 aliphatic heterocycles. The van der Waals surface area contributed by atoms with Crippen molar-refractivity contribution in [3.63, 3.8) is 0 Å². The zero-order valence-corrected chi connectivity index (χ0v) is 17.4. The molecular weight excluding hydrogens is 386 g/mol. The van der Waals surface area contributed by atoms with E-state index in [4.69, 9.17) is 18.6 Å². The second-order valence-electron chi connectivity index (χ2n) is 7.28. The van der Waals surface area contributed by atoms with E-state index in [0.29, 0.717) is 53.5 Å². The highest BCUT2D eigenvalue weighted by molar-refractivity contribution is 5.90. The smallest absolute Gasteiger partial charge is 0.344 e. The molecular formula is C23H25NO6. The molecule has 158 valence electrons. The quantitative estimate of drug-likeness (QED) is 0.645. The van der Waals surface area contributed by atoms with Gasteiger partial charge < -0.3 is 23.7 Å². The van der Waals surface area contributed by atoms with Crippen molar-refractivity contribution in [2.45, 2.75) is 13.5 Å². The van der Waals surface area contributed by atoms with Crippen LogP contribution in [0.3, 0.4) is 0 Å². The Bertz CT molecular complexity index is 1130. The minimum Gasteiger partial charge on any atom is -0.507 e. The van der Waals surface area contributed by atoms with E-state index in [9.17, 15) is 9.90 Å². The molecule has 1 aromatic heterocycles. The number of ether oxygens (including phenoxy) is 3. The van der Waals surface area contributed by atoms with Crippen LogP contribution in [0, 0.1) is 6.92 Å². The highest BCUT2D eigenvalue weighted by Gasteiger charge is 2.22. The van der Waals surface area contributed by atoms with Crippen molar-refractivity contribution in [3.8, 4) is 28.4 Å². The zero-order chi connectivity index (χ0) is 21.3. The summed E-state index contributed by atoms with van der Waals surface area (Å²) in [5.74, 6) is 1.28. The predicted octanol–water partition coefficient (Wildman–Crippen LogP) is 3.32. The van der Waals surface area contributed by atoms with Crippen molar-refractivity contribution < 1.29 is 23.7 Å². The lowest BCUT2D eigenvalue weighted by atomic mass is 9.97. The van der Waals surface area contributed by atoms with Crippen molar-refractivity contribution in [3.05, 3.63) is 51.9 Å². The minimum absolute atomic E-state index is 0.117. The van der Waals surface area contributed by atoms with E-state index >= 15 is 0 Å². The van der Waals surface area contributed by atoms with Gasteiger partial charge in [-0.25, -0.2) is 4.79 Å². The third kappa shape index (κ3) is 3.62. The van der Waals surface area contributed by atoms with Crippen molar-refractivity contribution in [1.29, 1.82) is 0 Å². The van der Waals surface area contributed by atoms with E-state index in [1.807, 2.05) is 6.92 Å². The monoisotopic (exact) mass is 411 g/mol. The van der Waals surface area contributed by atoms with Gasteiger partial charge in [0.2, 0.25) is 0 Å². The molecule has 0 radical (unpaired) electrons. The van der Waals surface area contributed by atoms with Crippen LogP contribution < -0.4 is 15.1 Å². The van der Waals surface area contributed by atoms with Gasteiger partial charge in [-0.15, -0.1) is 0 Å². The maximum atomic E-state index is 13.1. The number of morpholine rings is 1. The van der Waals surface area contributed by atoms with E-state index in [0.717, 1.165) is 24.0 Å². The molecule has 0 unspecified atom stereocenters. The Kier molecular flexibility index (Phi) is 5.65. The molecule has 4 rings (SSSR count). The van der Waals surface area contributed by atoms with Crippen molar-refractivity contribution in [2.75, 3.05) is 40.5 Å². The number of fused-ring (bicyclic) bond motifs is 1. The van der Waals surface area contributed by atoms with Gasteiger partial charge in [0.05, 0.1) is 38.6 Å². The third-order valence-electron chi connectivity index (χ3n) is 5.58. The molecule has 7 nitrogen and oxygen atoms in total. The number of rotatable bonds is 5. The van der Waals surface area contributed by atoms with Crippen LogP contribution in [0.5, 0.6) is 17.2 Å². The summed E-state index contributed by atoms with van der Waals surface area (Å²) < 4.78 is 21.9. The molecule has 7 heteroatoms. The molecule has 3 aromatic rings. The van der Waals surface area contributed by atoms with Gasteiger partial charge in [-0.2, -0.15) is 0 Å². The van der Waals surface area contributed by atoms with Crippen LogP contribution >= 0.6 is 0 Å². The molecule has 1 saturated heterocycles. The first kappa shape index (κ1) is 20.3. The number of hydrogen-bond donors (Lipinski definition) is 1. The molecule has 30 heavy (non-hydrogen) atoms. The third-order valence-corrected chi connectivity index (χ3v) is 5.58. The number of aryl methyl sites for hydroxylation is 1. The fourth-order valence-electron chi connectivity index (χ4n) is 3.91. The summed E-state index contributed by atoms with van der Waals surface area (Å²) in [4.78, 5) is 15.2. The SMILES string of the molecule is COc1ccc(-c2c(C)c3ccc(O)c(CN4CCOCC4)c3oc2=O)c(OC)c1. The molecule has 0 bridgehead atoms. The van der Waals surface area contributed by atoms with Crippen LogP contribution in [-0.4, -0.2) is 50.5 Å². The average molecular weight is 411 g/mol. The van der Waals surface area contributed by atoms with Gasteiger partial charge in [-0.05, 0) is 36.8 Å². The predicted molar refractivity (Wildman–Crippen MR) is 114 cm³/mol. The second-order valence-corrected chi connectivity index (χ2v) is 7.28. The van der Waals surface area contributed by atoms with Gasteiger partial charge in [0.1, 0.15) is 22.8 Å². The maximum absolute atomic E-state index is 13.1. The lowest BCUT2D eigenvalue weighted by Crippen LogP contribution is -2.35. The number of benzene rings is 2. The van der Waals surface area contributed by atoms with Crippen LogP contribution in [0.4, 0.5) is 0 Å². The summed E-state index contributed by atoms with van der Waals surface area (Å²) in [5.41, 5.74) is 2.40. The van der Waals surface area contributed by atoms with E-state index < -0.39 is 5.63 Å². The molecule has 1 fully saturated rings. The van der Waals surface area contributed by atoms with Gasteiger partial charge >= 0.3 is 5.63 Å². The summed E-state index contributed by atoms with van der Waals surface area (Å²) in [5, 5.41) is 11.3. The van der Waals surface area contributed by atoms with E-state index in [1.54, 1.807) is 44.6 Å². The Balaban J connectivity index is 1.87. The summed E-state index contributed by atoms with van der Waals surface area (Å²) in [6, 6.07) is 8.74. The molecule has 2 heterocycles. The number of phenolic OH excluding ortho intramolecular Hbond substituents is 1. The Morgan fingerprint density at radius 2 is 1.87 bits per heavy atom. The Morgan fingerprint density at radius 1 is 1.10 bits per heavy atom. The molecule has 1 aliphatic rings. The maximum Gasteiger partial charge on any atom is 0.344 e. The van der Waals surface area contributed by atoms with E-state index in [2.05, 4.69) is 4.90 Å². The fraction of sp³-hybridized carbons (Fsp3) is 0.348. The largest absolute Gasteiger partial charge is 0.507 e. The van der Waals surface area contributed by atoms with E-state index in [-0.39, 0.29) is 5.75 Å². The van der Waals surface area contributed by atoms with Crippen LogP contribution in [0.25, 0.3) is 22.1 Å². The van der Waals surface area contributed by atoms with Crippen molar-refractivity contribution in [1.82, 2.24) is 4.90 Å². The zero-order valence-electron chi connectivity index (χ0n) is 17.4. The summed E-state index contributed by atoms with van der Waals surface area (Å²) in [7, 11) is 3.13. The first-order valence-corrected chi connectivity index (χ1v) is 9.84. The van der Waals surface area contributed by atoms with Gasteiger partial charge in [0, 0.05) is 36.7 Å². The Labute approximate surface area is 174 Å². The normalized spacial score (nSPS) is 14.8. The molecule has 0 saturated carbocycles. The number of methoxy groups -OCH3 is 2. The standard InChI is InChI=1S/C23H25NO6/c1-14-16-6-7-19(25)18(13-24-8-10-29-11-9-24)22(16)30-23(26)21(14)17-5-4-15(27-2)12-20(17)28-3/h4-7,12,25H,8-11,13H2,1-3H3. The average Bonchev–Trinajstić information content (AvgIpc) is 2.76. The molecule has 1 N–H and O–H groups in total. The first-order chi connectivity index (χ1) is 14.5. The van der Waals surface area contributed by atoms with Gasteiger partial charge in [-0.1, -0.05) is 0 Å². The number of hydrogen-bond acceptors (Lipinski definition) is 7. The highest BCUT2D eigenvalue weighted by atomic mass is 16.5. The Hall–Kier alpha value is -3.03. The first-order valence-electron chi connectivity index (χ1n) is 9.84.